The Balaban J connectivity index is 6.92. The lowest BCUT2D eigenvalue weighted by atomic mass is 10.1. The smallest absolute Gasteiger partial charge is 0.244 e. The van der Waals surface area contributed by atoms with E-state index in [1.165, 1.54) is 0 Å². The van der Waals surface area contributed by atoms with Crippen molar-refractivity contribution in [3.8, 4) is 0 Å². The van der Waals surface area contributed by atoms with Gasteiger partial charge in [0, 0.05) is 0 Å². The first-order valence-electron chi connectivity index (χ1n) is 9.81. The molecule has 0 saturated carbocycles. The van der Waals surface area contributed by atoms with E-state index in [0.29, 0.717) is 0 Å². The van der Waals surface area contributed by atoms with Crippen molar-refractivity contribution in [2.24, 2.45) is 0 Å². The first-order valence-corrected chi connectivity index (χ1v) is 11.3. The van der Waals surface area contributed by atoms with Gasteiger partial charge in [0.2, 0.25) is 18.5 Å². The van der Waals surface area contributed by atoms with E-state index < -0.39 is 100 Å². The third kappa shape index (κ3) is 8.04. The summed E-state index contributed by atoms with van der Waals surface area (Å²) < 4.78 is 333. The van der Waals surface area contributed by atoms with Crippen LogP contribution in [0.2, 0.25) is 0 Å². The van der Waals surface area contributed by atoms with Crippen molar-refractivity contribution in [1.29, 1.82) is 0 Å². The molecule has 6 unspecified atom stereocenters. The minimum absolute atomic E-state index is 2.27. The highest BCUT2D eigenvalue weighted by Crippen LogP contribution is 2.61. The summed E-state index contributed by atoms with van der Waals surface area (Å²) in [5, 5.41) is 0. The highest BCUT2D eigenvalue weighted by molar-refractivity contribution is 7.48. The molecule has 0 aromatic carbocycles. The van der Waals surface area contributed by atoms with E-state index in [1.807, 2.05) is 0 Å². The second kappa shape index (κ2) is 13.7. The molecular weight excluding hydrogens is 731 g/mol. The molecule has 0 aliphatic heterocycles. The van der Waals surface area contributed by atoms with Gasteiger partial charge in [0.1, 0.15) is 0 Å². The van der Waals surface area contributed by atoms with Crippen LogP contribution >= 0.6 is 7.82 Å². The average molecular weight is 740 g/mol. The topological polar surface area (TPSA) is 44.8 Å². The molecule has 0 spiro atoms. The quantitative estimate of drug-likeness (QED) is 0.104. The van der Waals surface area contributed by atoms with Gasteiger partial charge in [-0.2, -0.15) is 52.7 Å². The van der Waals surface area contributed by atoms with E-state index >= 15 is 0 Å². The maximum absolute atomic E-state index is 13.8. The van der Waals surface area contributed by atoms with Crippen LogP contribution in [0.5, 0.6) is 0 Å². The van der Waals surface area contributed by atoms with Crippen LogP contribution in [0.4, 0.5) is 105 Å². The fourth-order valence-electron chi connectivity index (χ4n) is 2.09. The fraction of sp³-hybridized carbons (Fsp3) is 1.00. The Bertz CT molecular complexity index is 858. The summed E-state index contributed by atoms with van der Waals surface area (Å²) in [5.74, 6) is -43.8. The van der Waals surface area contributed by atoms with Gasteiger partial charge in [0.05, 0.1) is 0 Å². The van der Waals surface area contributed by atoms with Gasteiger partial charge in [-0.3, -0.25) is 0 Å². The van der Waals surface area contributed by atoms with Crippen molar-refractivity contribution in [2.45, 2.75) is 92.4 Å². The number of hydrogen-bond donors (Lipinski definition) is 0. The maximum atomic E-state index is 13.8. The van der Waals surface area contributed by atoms with Crippen LogP contribution in [0.25, 0.3) is 0 Å². The fourth-order valence-corrected chi connectivity index (χ4v) is 3.32. The van der Waals surface area contributed by atoms with Crippen molar-refractivity contribution < 1.29 is 124 Å². The summed E-state index contributed by atoms with van der Waals surface area (Å²) in [7, 11) is -8.54. The van der Waals surface area contributed by atoms with Gasteiger partial charge in [0.15, 0.2) is 0 Å². The molecule has 44 heavy (non-hydrogen) atoms. The molecule has 6 atom stereocenters. The van der Waals surface area contributed by atoms with Gasteiger partial charge >= 0.3 is 43.4 Å². The van der Waals surface area contributed by atoms with Gasteiger partial charge in [-0.05, 0) is 0 Å². The molecule has 0 aromatic heterocycles. The first kappa shape index (κ1) is 42.4. The summed E-state index contributed by atoms with van der Waals surface area (Å²) in [6.07, 6.45) is -50.7. The zero-order valence-electron chi connectivity index (χ0n) is 19.3. The molecule has 0 amide bonds. The highest BCUT2D eigenvalue weighted by Gasteiger charge is 2.74. The van der Waals surface area contributed by atoms with Gasteiger partial charge in [-0.25, -0.2) is 70.8 Å². The Labute approximate surface area is 225 Å². The monoisotopic (exact) mass is 740 g/mol. The lowest BCUT2D eigenvalue weighted by Gasteiger charge is -2.35. The lowest BCUT2D eigenvalue weighted by Crippen LogP contribution is -2.57. The van der Waals surface area contributed by atoms with E-state index in [1.54, 1.807) is 0 Å². The highest BCUT2D eigenvalue weighted by atomic mass is 31.2. The van der Waals surface area contributed by atoms with Crippen molar-refractivity contribution in [1.82, 2.24) is 0 Å². The lowest BCUT2D eigenvalue weighted by molar-refractivity contribution is -0.326. The maximum Gasteiger partial charge on any atom is 0.483 e. The normalized spacial score (nSPS) is 20.4. The molecule has 0 aliphatic carbocycles. The summed E-state index contributed by atoms with van der Waals surface area (Å²) >= 11 is 0. The number of phosphoric acid groups is 1. The number of hydrogen-bond acceptors (Lipinski definition) is 4. The summed E-state index contributed by atoms with van der Waals surface area (Å²) in [6.45, 7) is 0. The van der Waals surface area contributed by atoms with Crippen LogP contribution in [0, 0.1) is 0 Å². The van der Waals surface area contributed by atoms with Crippen LogP contribution in [0.1, 0.15) is 0 Å². The van der Waals surface area contributed by atoms with Crippen LogP contribution < -0.4 is 0 Å². The number of phosphoric ester groups is 1. The van der Waals surface area contributed by atoms with Gasteiger partial charge in [-0.15, -0.1) is 0 Å². The third-order valence-corrected chi connectivity index (χ3v) is 5.89. The Hall–Kier alpha value is -1.57. The molecule has 0 bridgehead atoms. The van der Waals surface area contributed by atoms with E-state index in [0.717, 1.165) is 0 Å². The van der Waals surface area contributed by atoms with Crippen LogP contribution in [0.15, 0.2) is 0 Å². The summed E-state index contributed by atoms with van der Waals surface area (Å²) in [6, 6.07) is 0. The molecule has 0 aromatic rings. The molecular formula is C15H9F24O4P. The molecule has 266 valence electrons. The number of alkyl halides is 24. The predicted octanol–water partition coefficient (Wildman–Crippen LogP) is 8.65. The zero-order chi connectivity index (χ0) is 35.8. The van der Waals surface area contributed by atoms with Crippen molar-refractivity contribution in [3.63, 3.8) is 0 Å². The van der Waals surface area contributed by atoms with E-state index in [2.05, 4.69) is 13.6 Å². The molecule has 0 saturated heterocycles. The SMILES string of the molecule is O=P(OC(F)C(F)(F)C(F)(F)C(F)C(F)F)(OC(F)C(F)(F)C(F)(F)C(F)C(F)F)OC(F)C(F)(F)C(F)(F)C(F)C(F)F. The molecule has 4 nitrogen and oxygen atoms in total. The average Bonchev–Trinajstić information content (AvgIpc) is 2.85. The largest absolute Gasteiger partial charge is 0.483 e. The van der Waals surface area contributed by atoms with Crippen molar-refractivity contribution >= 4 is 7.82 Å². The Morgan fingerprint density at radius 2 is 0.500 bits per heavy atom. The minimum atomic E-state index is -8.54. The Morgan fingerprint density at radius 1 is 0.341 bits per heavy atom. The first-order chi connectivity index (χ1) is 19.2. The number of rotatable bonds is 18. The van der Waals surface area contributed by atoms with Gasteiger partial charge in [0.25, 0.3) is 38.3 Å². The molecule has 29 heteroatoms. The second-order valence-electron chi connectivity index (χ2n) is 7.66. The molecule has 0 rings (SSSR count). The molecule has 0 aliphatic rings. The second-order valence-corrected chi connectivity index (χ2v) is 9.18. The van der Waals surface area contributed by atoms with Crippen molar-refractivity contribution in [3.05, 3.63) is 0 Å². The van der Waals surface area contributed by atoms with E-state index in [4.69, 9.17) is 0 Å². The van der Waals surface area contributed by atoms with Crippen LogP contribution in [0.3, 0.4) is 0 Å². The van der Waals surface area contributed by atoms with Gasteiger partial charge in [-0.1, -0.05) is 0 Å². The molecule has 0 fully saturated rings. The molecule has 0 N–H and O–H groups in total. The van der Waals surface area contributed by atoms with Crippen molar-refractivity contribution in [2.75, 3.05) is 0 Å². The minimum Gasteiger partial charge on any atom is -0.244 e. The Kier molecular flexibility index (Phi) is 13.2. The standard InChI is InChI=1S/C15H9F24O4P/c16-1(4(19)20)10(28,29)13(34,35)7(25)41-44(40,42-8(26)14(36,37)11(30,31)2(17)5(21)22)43-9(27)15(38,39)12(32,33)3(18)6(23)24/h1-9H. The Morgan fingerprint density at radius 3 is 0.636 bits per heavy atom. The number of halogens is 24. The summed E-state index contributed by atoms with van der Waals surface area (Å²) in [5.41, 5.74) is 0. The summed E-state index contributed by atoms with van der Waals surface area (Å²) in [4.78, 5) is 0. The van der Waals surface area contributed by atoms with Crippen LogP contribution in [-0.4, -0.2) is 92.4 Å². The van der Waals surface area contributed by atoms with E-state index in [9.17, 15) is 110 Å². The third-order valence-electron chi connectivity index (χ3n) is 4.56. The molecule has 0 radical (unpaired) electrons. The molecule has 0 heterocycles. The van der Waals surface area contributed by atoms with Crippen LogP contribution in [-0.2, 0) is 18.1 Å². The van der Waals surface area contributed by atoms with Gasteiger partial charge < -0.3 is 0 Å². The zero-order valence-corrected chi connectivity index (χ0v) is 20.2. The predicted molar refractivity (Wildman–Crippen MR) is 87.9 cm³/mol. The van der Waals surface area contributed by atoms with E-state index in [-0.39, 0.29) is 0 Å².